The van der Waals surface area contributed by atoms with E-state index in [2.05, 4.69) is 46.3 Å². The van der Waals surface area contributed by atoms with Gasteiger partial charge in [0.1, 0.15) is 11.6 Å². The lowest BCUT2D eigenvalue weighted by molar-refractivity contribution is -0.130. The molecule has 1 saturated heterocycles. The van der Waals surface area contributed by atoms with Crippen LogP contribution in [0.25, 0.3) is 0 Å². The molecule has 2 aromatic carbocycles. The van der Waals surface area contributed by atoms with Gasteiger partial charge in [-0.2, -0.15) is 0 Å². The molecule has 1 aliphatic carbocycles. The number of hydrogen-bond acceptors (Lipinski definition) is 5. The van der Waals surface area contributed by atoms with Crippen molar-refractivity contribution in [3.05, 3.63) is 53.8 Å². The van der Waals surface area contributed by atoms with Crippen molar-refractivity contribution in [2.75, 3.05) is 43.5 Å². The third-order valence-corrected chi connectivity index (χ3v) is 8.31. The van der Waals surface area contributed by atoms with Crippen molar-refractivity contribution >= 4 is 17.2 Å². The Morgan fingerprint density at radius 2 is 1.80 bits per heavy atom. The normalized spacial score (nSPS) is 24.4. The number of halogens is 1. The Morgan fingerprint density at radius 1 is 1.06 bits per heavy atom. The molecule has 5 nitrogen and oxygen atoms in total. The van der Waals surface area contributed by atoms with Gasteiger partial charge in [0.05, 0.1) is 18.8 Å². The van der Waals surface area contributed by atoms with Crippen LogP contribution in [0.4, 0.5) is 15.8 Å². The van der Waals surface area contributed by atoms with E-state index in [0.717, 1.165) is 51.1 Å². The summed E-state index contributed by atoms with van der Waals surface area (Å²) in [5.74, 6) is 1.30. The van der Waals surface area contributed by atoms with E-state index >= 15 is 0 Å². The highest BCUT2D eigenvalue weighted by molar-refractivity contribution is 5.88. The van der Waals surface area contributed by atoms with Gasteiger partial charge >= 0.3 is 0 Å². The maximum atomic E-state index is 14.0. The lowest BCUT2D eigenvalue weighted by Gasteiger charge is -2.45. The molecule has 0 radical (unpaired) electrons. The molecule has 188 valence electrons. The van der Waals surface area contributed by atoms with E-state index in [1.54, 1.807) is 13.2 Å². The fraction of sp³-hybridized carbons (Fsp3) is 0.552. The molecule has 1 N–H and O–H groups in total. The van der Waals surface area contributed by atoms with Gasteiger partial charge in [-0.25, -0.2) is 4.39 Å². The number of ether oxygens (including phenoxy) is 1. The maximum Gasteiger partial charge on any atom is 0.155 e. The molecule has 0 spiro atoms. The second-order valence-electron chi connectivity index (χ2n) is 10.5. The monoisotopic (exact) mass is 479 g/mol. The number of rotatable bonds is 6. The molecule has 0 bridgehead atoms. The Hall–Kier alpha value is -2.60. The predicted octanol–water partition coefficient (Wildman–Crippen LogP) is 5.46. The molecule has 1 saturated carbocycles. The molecular weight excluding hydrogens is 441 g/mol. The second kappa shape index (κ2) is 10.6. The van der Waals surface area contributed by atoms with E-state index in [-0.39, 0.29) is 23.8 Å². The Kier molecular flexibility index (Phi) is 7.28. The zero-order valence-corrected chi connectivity index (χ0v) is 21.0. The summed E-state index contributed by atoms with van der Waals surface area (Å²) < 4.78 is 19.2. The molecule has 3 atom stereocenters. The first-order valence-electron chi connectivity index (χ1n) is 13.3. The minimum atomic E-state index is -0.292. The van der Waals surface area contributed by atoms with Crippen molar-refractivity contribution in [3.63, 3.8) is 0 Å². The molecule has 35 heavy (non-hydrogen) atoms. The van der Waals surface area contributed by atoms with Gasteiger partial charge in [0.15, 0.2) is 5.78 Å². The molecule has 2 fully saturated rings. The molecule has 3 aliphatic rings. The van der Waals surface area contributed by atoms with Crippen LogP contribution < -0.4 is 15.0 Å². The minimum Gasteiger partial charge on any atom is -0.494 e. The first-order valence-corrected chi connectivity index (χ1v) is 13.3. The summed E-state index contributed by atoms with van der Waals surface area (Å²) in [6, 6.07) is 13.3. The largest absolute Gasteiger partial charge is 0.494 e. The van der Waals surface area contributed by atoms with Crippen molar-refractivity contribution in [2.45, 2.75) is 63.5 Å². The molecule has 0 aromatic heterocycles. The number of methoxy groups -OCH3 is 1. The zero-order valence-electron chi connectivity index (χ0n) is 21.0. The molecule has 2 aromatic rings. The molecule has 2 aliphatic heterocycles. The zero-order chi connectivity index (χ0) is 24.4. The SMILES string of the molecule is COc1cc(F)ccc1N1CCN(C(C(=O)C2CCCCC2)C2CC(C)c3ccccc3N2)CC1. The fourth-order valence-electron chi connectivity index (χ4n) is 6.45. The van der Waals surface area contributed by atoms with Gasteiger partial charge in [0.25, 0.3) is 0 Å². The van der Waals surface area contributed by atoms with Crippen LogP contribution in [-0.4, -0.2) is 56.1 Å². The van der Waals surface area contributed by atoms with E-state index in [1.807, 2.05) is 0 Å². The van der Waals surface area contributed by atoms with Crippen LogP contribution in [0.2, 0.25) is 0 Å². The van der Waals surface area contributed by atoms with Gasteiger partial charge < -0.3 is 15.0 Å². The molecule has 2 heterocycles. The first-order chi connectivity index (χ1) is 17.0. The van der Waals surface area contributed by atoms with E-state index in [4.69, 9.17) is 4.74 Å². The number of piperazine rings is 1. The number of ketones is 1. The van der Waals surface area contributed by atoms with Crippen molar-refractivity contribution in [1.29, 1.82) is 0 Å². The average molecular weight is 480 g/mol. The molecular formula is C29H38FN3O2. The number of carbonyl (C=O) groups is 1. The average Bonchev–Trinajstić information content (AvgIpc) is 2.90. The van der Waals surface area contributed by atoms with Crippen LogP contribution in [0, 0.1) is 11.7 Å². The highest BCUT2D eigenvalue weighted by atomic mass is 19.1. The summed E-state index contributed by atoms with van der Waals surface area (Å²) in [6.45, 7) is 5.47. The van der Waals surface area contributed by atoms with E-state index in [9.17, 15) is 9.18 Å². The highest BCUT2D eigenvalue weighted by Crippen LogP contribution is 2.38. The van der Waals surface area contributed by atoms with Gasteiger partial charge in [-0.1, -0.05) is 44.4 Å². The number of para-hydroxylation sites is 1. The maximum absolute atomic E-state index is 14.0. The third-order valence-electron chi connectivity index (χ3n) is 8.31. The lowest BCUT2D eigenvalue weighted by atomic mass is 9.78. The van der Waals surface area contributed by atoms with Crippen molar-refractivity contribution in [2.24, 2.45) is 5.92 Å². The van der Waals surface area contributed by atoms with Crippen molar-refractivity contribution in [3.8, 4) is 5.75 Å². The van der Waals surface area contributed by atoms with Crippen LogP contribution in [0.3, 0.4) is 0 Å². The van der Waals surface area contributed by atoms with Gasteiger partial charge in [-0.15, -0.1) is 0 Å². The number of nitrogens with one attached hydrogen (secondary N) is 1. The summed E-state index contributed by atoms with van der Waals surface area (Å²) in [5, 5.41) is 3.77. The Balaban J connectivity index is 1.36. The first kappa shape index (κ1) is 24.1. The van der Waals surface area contributed by atoms with Crippen molar-refractivity contribution < 1.29 is 13.9 Å². The quantitative estimate of drug-likeness (QED) is 0.596. The summed E-state index contributed by atoms with van der Waals surface area (Å²) in [6.07, 6.45) is 6.60. The number of fused-ring (bicyclic) bond motifs is 1. The summed E-state index contributed by atoms with van der Waals surface area (Å²) in [7, 11) is 1.58. The van der Waals surface area contributed by atoms with Gasteiger partial charge in [0, 0.05) is 49.9 Å². The standard InChI is InChI=1S/C29H38FN3O2/c1-20-18-25(31-24-11-7-6-10-23(20)24)28(29(34)21-8-4-3-5-9-21)33-16-14-32(15-17-33)26-13-12-22(30)19-27(26)35-2/h6-7,10-13,19-21,25,28,31H,3-5,8-9,14-18H2,1-2H3. The smallest absolute Gasteiger partial charge is 0.155 e. The third kappa shape index (κ3) is 5.04. The van der Waals surface area contributed by atoms with E-state index in [1.165, 1.54) is 42.6 Å². The number of carbonyl (C=O) groups excluding carboxylic acids is 1. The van der Waals surface area contributed by atoms with E-state index in [0.29, 0.717) is 17.5 Å². The minimum absolute atomic E-state index is 0.112. The fourth-order valence-corrected chi connectivity index (χ4v) is 6.45. The summed E-state index contributed by atoms with van der Waals surface area (Å²) in [5.41, 5.74) is 3.44. The molecule has 0 amide bonds. The Bertz CT molecular complexity index is 1030. The molecule has 5 rings (SSSR count). The number of hydrogen-bond donors (Lipinski definition) is 1. The number of anilines is 2. The van der Waals surface area contributed by atoms with Gasteiger partial charge in [0.2, 0.25) is 0 Å². The van der Waals surface area contributed by atoms with Crippen LogP contribution in [-0.2, 0) is 4.79 Å². The lowest BCUT2D eigenvalue weighted by Crippen LogP contribution is -2.60. The summed E-state index contributed by atoms with van der Waals surface area (Å²) in [4.78, 5) is 18.7. The number of benzene rings is 2. The topological polar surface area (TPSA) is 44.8 Å². The predicted molar refractivity (Wildman–Crippen MR) is 139 cm³/mol. The molecule has 3 unspecified atom stereocenters. The summed E-state index contributed by atoms with van der Waals surface area (Å²) >= 11 is 0. The van der Waals surface area contributed by atoms with Crippen LogP contribution in [0.5, 0.6) is 5.75 Å². The number of nitrogens with zero attached hydrogens (tertiary/aromatic N) is 2. The van der Waals surface area contributed by atoms with E-state index < -0.39 is 0 Å². The Labute approximate surface area is 208 Å². The highest BCUT2D eigenvalue weighted by Gasteiger charge is 2.41. The van der Waals surface area contributed by atoms with Crippen molar-refractivity contribution in [1.82, 2.24) is 4.90 Å². The van der Waals surface area contributed by atoms with Gasteiger partial charge in [-0.05, 0) is 48.9 Å². The number of Topliss-reactive ketones (excluding diaryl/α,β-unsaturated/α-hetero) is 1. The molecule has 6 heteroatoms. The van der Waals surface area contributed by atoms with Crippen LogP contribution in [0.1, 0.15) is 56.9 Å². The van der Waals surface area contributed by atoms with Crippen LogP contribution >= 0.6 is 0 Å². The van der Waals surface area contributed by atoms with Crippen LogP contribution in [0.15, 0.2) is 42.5 Å². The van der Waals surface area contributed by atoms with Gasteiger partial charge in [-0.3, -0.25) is 9.69 Å². The second-order valence-corrected chi connectivity index (χ2v) is 10.5. The Morgan fingerprint density at radius 3 is 2.54 bits per heavy atom.